The first kappa shape index (κ1) is 15.5. The first-order chi connectivity index (χ1) is 12.2. The van der Waals surface area contributed by atoms with Crippen LogP contribution in [0.3, 0.4) is 0 Å². The maximum absolute atomic E-state index is 12.7. The van der Waals surface area contributed by atoms with Gasteiger partial charge >= 0.3 is 0 Å². The summed E-state index contributed by atoms with van der Waals surface area (Å²) in [5.41, 5.74) is 1.97. The SMILES string of the molecule is O=C(Cc1csc(-c2cccnc2)n1)NC12CC3CC(CC(C3)C1)C2. The first-order valence-corrected chi connectivity index (χ1v) is 10.2. The molecule has 4 bridgehead atoms. The van der Waals surface area contributed by atoms with Gasteiger partial charge < -0.3 is 5.32 Å². The summed E-state index contributed by atoms with van der Waals surface area (Å²) in [5.74, 6) is 2.69. The van der Waals surface area contributed by atoms with Gasteiger partial charge in [-0.1, -0.05) is 0 Å². The molecule has 4 aliphatic carbocycles. The molecule has 25 heavy (non-hydrogen) atoms. The van der Waals surface area contributed by atoms with E-state index in [1.807, 2.05) is 23.7 Å². The smallest absolute Gasteiger partial charge is 0.226 e. The normalized spacial score (nSPS) is 32.7. The van der Waals surface area contributed by atoms with Gasteiger partial charge in [0.05, 0.1) is 12.1 Å². The molecule has 5 heteroatoms. The summed E-state index contributed by atoms with van der Waals surface area (Å²) in [5, 5.41) is 6.37. The van der Waals surface area contributed by atoms with Crippen LogP contribution in [0.2, 0.25) is 0 Å². The molecule has 4 fully saturated rings. The van der Waals surface area contributed by atoms with Crippen molar-refractivity contribution in [2.75, 3.05) is 0 Å². The third-order valence-electron chi connectivity index (χ3n) is 6.24. The monoisotopic (exact) mass is 353 g/mol. The number of hydrogen-bond acceptors (Lipinski definition) is 4. The van der Waals surface area contributed by atoms with Crippen molar-refractivity contribution in [3.8, 4) is 10.6 Å². The summed E-state index contributed by atoms with van der Waals surface area (Å²) in [6.07, 6.45) is 11.8. The van der Waals surface area contributed by atoms with Crippen molar-refractivity contribution >= 4 is 17.2 Å². The molecule has 2 aromatic rings. The predicted molar refractivity (Wildman–Crippen MR) is 98.1 cm³/mol. The topological polar surface area (TPSA) is 54.9 Å². The van der Waals surface area contributed by atoms with Crippen LogP contribution >= 0.6 is 11.3 Å². The molecule has 0 aliphatic heterocycles. The number of hydrogen-bond donors (Lipinski definition) is 1. The van der Waals surface area contributed by atoms with Crippen LogP contribution in [-0.2, 0) is 11.2 Å². The lowest BCUT2D eigenvalue weighted by Gasteiger charge is -2.56. The van der Waals surface area contributed by atoms with E-state index in [0.717, 1.165) is 34.0 Å². The van der Waals surface area contributed by atoms with E-state index in [1.54, 1.807) is 17.5 Å². The average molecular weight is 353 g/mol. The second-order valence-electron chi connectivity index (χ2n) is 8.31. The number of aromatic nitrogens is 2. The van der Waals surface area contributed by atoms with Crippen molar-refractivity contribution < 1.29 is 4.79 Å². The lowest BCUT2D eigenvalue weighted by Crippen LogP contribution is -2.60. The molecule has 4 aliphatic rings. The van der Waals surface area contributed by atoms with Crippen LogP contribution < -0.4 is 5.32 Å². The number of nitrogens with zero attached hydrogens (tertiary/aromatic N) is 2. The van der Waals surface area contributed by atoms with Crippen LogP contribution in [0.1, 0.15) is 44.2 Å². The number of nitrogens with one attached hydrogen (secondary N) is 1. The summed E-state index contributed by atoms with van der Waals surface area (Å²) < 4.78 is 0. The summed E-state index contributed by atoms with van der Waals surface area (Å²) in [6.45, 7) is 0. The van der Waals surface area contributed by atoms with E-state index in [1.165, 1.54) is 38.5 Å². The average Bonchev–Trinajstić information content (AvgIpc) is 3.02. The van der Waals surface area contributed by atoms with Crippen LogP contribution in [0.25, 0.3) is 10.6 Å². The van der Waals surface area contributed by atoms with Crippen molar-refractivity contribution in [1.29, 1.82) is 0 Å². The van der Waals surface area contributed by atoms with Crippen molar-refractivity contribution in [1.82, 2.24) is 15.3 Å². The zero-order valence-corrected chi connectivity index (χ0v) is 15.1. The Morgan fingerprint density at radius 2 is 1.92 bits per heavy atom. The van der Waals surface area contributed by atoms with Gasteiger partial charge in [0.2, 0.25) is 5.91 Å². The van der Waals surface area contributed by atoms with Crippen LogP contribution in [0.15, 0.2) is 29.9 Å². The summed E-state index contributed by atoms with van der Waals surface area (Å²) in [4.78, 5) is 21.5. The highest BCUT2D eigenvalue weighted by atomic mass is 32.1. The number of thiazole rings is 1. The summed E-state index contributed by atoms with van der Waals surface area (Å²) in [6, 6.07) is 3.92. The molecule has 1 N–H and O–H groups in total. The Kier molecular flexibility index (Phi) is 3.66. The predicted octanol–water partition coefficient (Wildman–Crippen LogP) is 3.83. The number of carbonyl (C=O) groups is 1. The molecular weight excluding hydrogens is 330 g/mol. The molecule has 4 nitrogen and oxygen atoms in total. The van der Waals surface area contributed by atoms with Crippen LogP contribution in [-0.4, -0.2) is 21.4 Å². The van der Waals surface area contributed by atoms with Crippen LogP contribution in [0.5, 0.6) is 0 Å². The van der Waals surface area contributed by atoms with Crippen molar-refractivity contribution in [2.24, 2.45) is 17.8 Å². The molecule has 0 saturated heterocycles. The van der Waals surface area contributed by atoms with Gasteiger partial charge in [0.15, 0.2) is 0 Å². The van der Waals surface area contributed by atoms with E-state index in [9.17, 15) is 4.79 Å². The second-order valence-corrected chi connectivity index (χ2v) is 9.17. The Balaban J connectivity index is 1.26. The Labute approximate surface area is 152 Å². The lowest BCUT2D eigenvalue weighted by atomic mass is 9.53. The van der Waals surface area contributed by atoms with Gasteiger partial charge in [0.1, 0.15) is 5.01 Å². The minimum atomic E-state index is 0.0913. The van der Waals surface area contributed by atoms with E-state index in [-0.39, 0.29) is 11.4 Å². The molecule has 6 rings (SSSR count). The fourth-order valence-electron chi connectivity index (χ4n) is 5.78. The third-order valence-corrected chi connectivity index (χ3v) is 7.18. The quantitative estimate of drug-likeness (QED) is 0.909. The molecule has 2 aromatic heterocycles. The zero-order chi connectivity index (χ0) is 16.9. The standard InChI is InChI=1S/C20H23N3OS/c24-18(7-17-12-25-19(22-17)16-2-1-3-21-11-16)23-20-8-13-4-14(9-20)6-15(5-13)10-20/h1-3,11-15H,4-10H2,(H,23,24). The molecule has 4 saturated carbocycles. The van der Waals surface area contributed by atoms with Gasteiger partial charge in [-0.25, -0.2) is 4.98 Å². The molecule has 2 heterocycles. The summed E-state index contributed by atoms with van der Waals surface area (Å²) in [7, 11) is 0. The van der Waals surface area contributed by atoms with Crippen molar-refractivity contribution in [3.63, 3.8) is 0 Å². The van der Waals surface area contributed by atoms with Gasteiger partial charge in [-0.15, -0.1) is 11.3 Å². The van der Waals surface area contributed by atoms with Gasteiger partial charge in [0.25, 0.3) is 0 Å². The lowest BCUT2D eigenvalue weighted by molar-refractivity contribution is -0.126. The Bertz CT molecular complexity index is 750. The van der Waals surface area contributed by atoms with Gasteiger partial charge in [-0.05, 0) is 68.4 Å². The Hall–Kier alpha value is -1.75. The Morgan fingerprint density at radius 1 is 1.20 bits per heavy atom. The number of rotatable bonds is 4. The molecule has 1 amide bonds. The van der Waals surface area contributed by atoms with Crippen LogP contribution in [0, 0.1) is 17.8 Å². The van der Waals surface area contributed by atoms with E-state index < -0.39 is 0 Å². The molecule has 0 atom stereocenters. The van der Waals surface area contributed by atoms with E-state index in [4.69, 9.17) is 0 Å². The largest absolute Gasteiger partial charge is 0.350 e. The summed E-state index contributed by atoms with van der Waals surface area (Å²) >= 11 is 1.58. The van der Waals surface area contributed by atoms with E-state index in [2.05, 4.69) is 15.3 Å². The zero-order valence-electron chi connectivity index (χ0n) is 14.3. The van der Waals surface area contributed by atoms with Crippen molar-refractivity contribution in [3.05, 3.63) is 35.6 Å². The highest BCUT2D eigenvalue weighted by Gasteiger charge is 2.51. The maximum Gasteiger partial charge on any atom is 0.226 e. The molecule has 130 valence electrons. The Morgan fingerprint density at radius 3 is 2.56 bits per heavy atom. The van der Waals surface area contributed by atoms with E-state index in [0.29, 0.717) is 6.42 Å². The number of pyridine rings is 1. The fourth-order valence-corrected chi connectivity index (χ4v) is 6.59. The molecular formula is C20H23N3OS. The second kappa shape index (κ2) is 5.90. The van der Waals surface area contributed by atoms with Crippen LogP contribution in [0.4, 0.5) is 0 Å². The fraction of sp³-hybridized carbons (Fsp3) is 0.550. The highest BCUT2D eigenvalue weighted by molar-refractivity contribution is 7.13. The van der Waals surface area contributed by atoms with Gasteiger partial charge in [-0.2, -0.15) is 0 Å². The highest BCUT2D eigenvalue weighted by Crippen LogP contribution is 2.55. The first-order valence-electron chi connectivity index (χ1n) is 9.33. The van der Waals surface area contributed by atoms with Gasteiger partial charge in [-0.3, -0.25) is 9.78 Å². The minimum Gasteiger partial charge on any atom is -0.350 e. The molecule has 0 aromatic carbocycles. The van der Waals surface area contributed by atoms with Gasteiger partial charge in [0, 0.05) is 28.9 Å². The number of carbonyl (C=O) groups excluding carboxylic acids is 1. The third kappa shape index (κ3) is 2.99. The van der Waals surface area contributed by atoms with E-state index >= 15 is 0 Å². The maximum atomic E-state index is 12.7. The van der Waals surface area contributed by atoms with Crippen molar-refractivity contribution in [2.45, 2.75) is 50.5 Å². The minimum absolute atomic E-state index is 0.0913. The number of amides is 1. The molecule has 0 radical (unpaired) electrons. The molecule has 0 spiro atoms. The molecule has 0 unspecified atom stereocenters.